The van der Waals surface area contributed by atoms with Gasteiger partial charge in [0.2, 0.25) is 5.91 Å². The third-order valence-corrected chi connectivity index (χ3v) is 2.91. The van der Waals surface area contributed by atoms with E-state index in [-0.39, 0.29) is 5.91 Å². The number of para-hydroxylation sites is 1. The van der Waals surface area contributed by atoms with E-state index in [1.165, 1.54) is 6.08 Å². The van der Waals surface area contributed by atoms with Crippen molar-refractivity contribution >= 4 is 29.3 Å². The SMILES string of the molecule is Cc1ccccc1NC(=O)/C=C/c1cccc(Cl)c1. The summed E-state index contributed by atoms with van der Waals surface area (Å²) in [6.45, 7) is 1.95. The van der Waals surface area contributed by atoms with Crippen LogP contribution in [0.25, 0.3) is 6.08 Å². The van der Waals surface area contributed by atoms with Crippen LogP contribution in [0.15, 0.2) is 54.6 Å². The molecule has 96 valence electrons. The Kier molecular flexibility index (Phi) is 4.37. The summed E-state index contributed by atoms with van der Waals surface area (Å²) in [4.78, 5) is 11.8. The Hall–Kier alpha value is -2.06. The summed E-state index contributed by atoms with van der Waals surface area (Å²) in [5.41, 5.74) is 2.75. The number of benzene rings is 2. The maximum absolute atomic E-state index is 11.8. The quantitative estimate of drug-likeness (QED) is 0.829. The largest absolute Gasteiger partial charge is 0.322 e. The molecule has 2 nitrogen and oxygen atoms in total. The van der Waals surface area contributed by atoms with Gasteiger partial charge in [0.15, 0.2) is 0 Å². The second-order valence-electron chi connectivity index (χ2n) is 4.19. The second kappa shape index (κ2) is 6.21. The number of anilines is 1. The fourth-order valence-electron chi connectivity index (χ4n) is 1.67. The molecule has 2 aromatic carbocycles. The van der Waals surface area contributed by atoms with Crippen LogP contribution in [0.4, 0.5) is 5.69 Å². The minimum atomic E-state index is -0.158. The number of aryl methyl sites for hydroxylation is 1. The van der Waals surface area contributed by atoms with Gasteiger partial charge >= 0.3 is 0 Å². The number of carbonyl (C=O) groups excluding carboxylic acids is 1. The molecule has 19 heavy (non-hydrogen) atoms. The molecule has 1 N–H and O–H groups in total. The Balaban J connectivity index is 2.04. The minimum Gasteiger partial charge on any atom is -0.322 e. The van der Waals surface area contributed by atoms with Gasteiger partial charge in [0, 0.05) is 16.8 Å². The third-order valence-electron chi connectivity index (χ3n) is 2.68. The van der Waals surface area contributed by atoms with Crippen LogP contribution in [0.2, 0.25) is 5.02 Å². The Morgan fingerprint density at radius 1 is 1.16 bits per heavy atom. The summed E-state index contributed by atoms with van der Waals surface area (Å²) in [5, 5.41) is 3.49. The van der Waals surface area contributed by atoms with Crippen LogP contribution in [-0.4, -0.2) is 5.91 Å². The van der Waals surface area contributed by atoms with Gasteiger partial charge in [-0.2, -0.15) is 0 Å². The predicted octanol–water partition coefficient (Wildman–Crippen LogP) is 4.30. The molecule has 1 amide bonds. The molecule has 0 aliphatic rings. The van der Waals surface area contributed by atoms with Crippen molar-refractivity contribution in [3.8, 4) is 0 Å². The van der Waals surface area contributed by atoms with Crippen LogP contribution in [0, 0.1) is 6.92 Å². The molecule has 2 aromatic rings. The molecule has 0 fully saturated rings. The highest BCUT2D eigenvalue weighted by molar-refractivity contribution is 6.30. The highest BCUT2D eigenvalue weighted by Crippen LogP contribution is 2.14. The number of amides is 1. The standard InChI is InChI=1S/C16H14ClNO/c1-12-5-2-3-8-15(12)18-16(19)10-9-13-6-4-7-14(17)11-13/h2-11H,1H3,(H,18,19)/b10-9+. The Labute approximate surface area is 117 Å². The zero-order valence-corrected chi connectivity index (χ0v) is 11.3. The number of hydrogen-bond acceptors (Lipinski definition) is 1. The molecule has 0 saturated carbocycles. The van der Waals surface area contributed by atoms with Gasteiger partial charge < -0.3 is 5.32 Å². The van der Waals surface area contributed by atoms with E-state index in [2.05, 4.69) is 5.32 Å². The van der Waals surface area contributed by atoms with Crippen molar-refractivity contribution in [1.29, 1.82) is 0 Å². The lowest BCUT2D eigenvalue weighted by atomic mass is 10.2. The monoisotopic (exact) mass is 271 g/mol. The molecule has 3 heteroatoms. The molecular weight excluding hydrogens is 258 g/mol. The number of nitrogens with one attached hydrogen (secondary N) is 1. The number of rotatable bonds is 3. The number of hydrogen-bond donors (Lipinski definition) is 1. The Morgan fingerprint density at radius 3 is 2.68 bits per heavy atom. The van der Waals surface area contributed by atoms with Crippen molar-refractivity contribution in [1.82, 2.24) is 0 Å². The van der Waals surface area contributed by atoms with Gasteiger partial charge in [0.25, 0.3) is 0 Å². The van der Waals surface area contributed by atoms with Crippen molar-refractivity contribution in [2.45, 2.75) is 6.92 Å². The summed E-state index contributed by atoms with van der Waals surface area (Å²) in [7, 11) is 0. The lowest BCUT2D eigenvalue weighted by Crippen LogP contribution is -2.08. The zero-order valence-electron chi connectivity index (χ0n) is 10.6. The fraction of sp³-hybridized carbons (Fsp3) is 0.0625. The smallest absolute Gasteiger partial charge is 0.248 e. The van der Waals surface area contributed by atoms with Crippen molar-refractivity contribution < 1.29 is 4.79 Å². The van der Waals surface area contributed by atoms with Gasteiger partial charge in [-0.15, -0.1) is 0 Å². The van der Waals surface area contributed by atoms with E-state index < -0.39 is 0 Å². The van der Waals surface area contributed by atoms with Crippen LogP contribution in [0.3, 0.4) is 0 Å². The van der Waals surface area contributed by atoms with E-state index in [0.29, 0.717) is 5.02 Å². The van der Waals surface area contributed by atoms with Crippen LogP contribution in [0.1, 0.15) is 11.1 Å². The first-order valence-corrected chi connectivity index (χ1v) is 6.33. The van der Waals surface area contributed by atoms with Crippen molar-refractivity contribution in [2.24, 2.45) is 0 Å². The fourth-order valence-corrected chi connectivity index (χ4v) is 1.87. The van der Waals surface area contributed by atoms with E-state index >= 15 is 0 Å². The average Bonchev–Trinajstić information content (AvgIpc) is 2.39. The van der Waals surface area contributed by atoms with E-state index in [9.17, 15) is 4.79 Å². The molecule has 2 rings (SSSR count). The van der Waals surface area contributed by atoms with Gasteiger partial charge in [0.05, 0.1) is 0 Å². The van der Waals surface area contributed by atoms with Gasteiger partial charge in [-0.3, -0.25) is 4.79 Å². The molecule has 0 aliphatic carbocycles. The molecule has 0 unspecified atom stereocenters. The first-order valence-electron chi connectivity index (χ1n) is 5.95. The van der Waals surface area contributed by atoms with Crippen LogP contribution < -0.4 is 5.32 Å². The van der Waals surface area contributed by atoms with Crippen molar-refractivity contribution in [3.63, 3.8) is 0 Å². The average molecular weight is 272 g/mol. The topological polar surface area (TPSA) is 29.1 Å². The van der Waals surface area contributed by atoms with Gasteiger partial charge in [-0.25, -0.2) is 0 Å². The number of halogens is 1. The lowest BCUT2D eigenvalue weighted by Gasteiger charge is -2.05. The van der Waals surface area contributed by atoms with Gasteiger partial charge in [-0.1, -0.05) is 41.9 Å². The van der Waals surface area contributed by atoms with E-state index in [1.807, 2.05) is 43.3 Å². The third kappa shape index (κ3) is 3.97. The summed E-state index contributed by atoms with van der Waals surface area (Å²) in [6, 6.07) is 15.0. The summed E-state index contributed by atoms with van der Waals surface area (Å²) in [6.07, 6.45) is 3.23. The maximum atomic E-state index is 11.8. The summed E-state index contributed by atoms with van der Waals surface area (Å²) in [5.74, 6) is -0.158. The first-order chi connectivity index (χ1) is 9.15. The highest BCUT2D eigenvalue weighted by atomic mass is 35.5. The van der Waals surface area contributed by atoms with Crippen molar-refractivity contribution in [2.75, 3.05) is 5.32 Å². The zero-order chi connectivity index (χ0) is 13.7. The van der Waals surface area contributed by atoms with Gasteiger partial charge in [-0.05, 0) is 42.3 Å². The maximum Gasteiger partial charge on any atom is 0.248 e. The molecule has 0 atom stereocenters. The van der Waals surface area contributed by atoms with E-state index in [0.717, 1.165) is 16.8 Å². The van der Waals surface area contributed by atoms with Crippen molar-refractivity contribution in [3.05, 3.63) is 70.8 Å². The normalized spacial score (nSPS) is 10.6. The number of carbonyl (C=O) groups is 1. The molecule has 0 spiro atoms. The molecule has 0 saturated heterocycles. The van der Waals surface area contributed by atoms with Crippen LogP contribution >= 0.6 is 11.6 Å². The molecular formula is C16H14ClNO. The Bertz CT molecular complexity index is 620. The summed E-state index contributed by atoms with van der Waals surface area (Å²) >= 11 is 5.88. The van der Waals surface area contributed by atoms with E-state index in [1.54, 1.807) is 18.2 Å². The molecule has 0 aliphatic heterocycles. The predicted molar refractivity (Wildman–Crippen MR) is 80.3 cm³/mol. The molecule has 0 radical (unpaired) electrons. The first kappa shape index (κ1) is 13.4. The molecule has 0 heterocycles. The van der Waals surface area contributed by atoms with Crippen LogP contribution in [-0.2, 0) is 4.79 Å². The highest BCUT2D eigenvalue weighted by Gasteiger charge is 2.00. The molecule has 0 aromatic heterocycles. The van der Waals surface area contributed by atoms with Crippen LogP contribution in [0.5, 0.6) is 0 Å². The lowest BCUT2D eigenvalue weighted by molar-refractivity contribution is -0.111. The van der Waals surface area contributed by atoms with Gasteiger partial charge in [0.1, 0.15) is 0 Å². The van der Waals surface area contributed by atoms with E-state index in [4.69, 9.17) is 11.6 Å². The second-order valence-corrected chi connectivity index (χ2v) is 4.63. The molecule has 0 bridgehead atoms. The Morgan fingerprint density at radius 2 is 1.95 bits per heavy atom. The summed E-state index contributed by atoms with van der Waals surface area (Å²) < 4.78 is 0. The minimum absolute atomic E-state index is 0.158.